The maximum absolute atomic E-state index is 11.9. The van der Waals surface area contributed by atoms with Gasteiger partial charge in [0.1, 0.15) is 5.82 Å². The number of nitrogens with zero attached hydrogens (tertiary/aromatic N) is 3. The van der Waals surface area contributed by atoms with Crippen LogP contribution in [0.15, 0.2) is 6.07 Å². The number of aliphatic hydroxyl groups excluding tert-OH is 1. The normalized spacial score (nSPS) is 18.2. The van der Waals surface area contributed by atoms with Crippen LogP contribution in [0.5, 0.6) is 0 Å². The van der Waals surface area contributed by atoms with Crippen LogP contribution in [0.1, 0.15) is 42.4 Å². The molecule has 1 saturated heterocycles. The highest BCUT2D eigenvalue weighted by Crippen LogP contribution is 2.22. The summed E-state index contributed by atoms with van der Waals surface area (Å²) in [4.78, 5) is 22.5. The first kappa shape index (κ1) is 16.8. The Labute approximate surface area is 132 Å². The summed E-state index contributed by atoms with van der Waals surface area (Å²) in [6.45, 7) is 4.32. The van der Waals surface area contributed by atoms with E-state index in [2.05, 4.69) is 15.3 Å². The summed E-state index contributed by atoms with van der Waals surface area (Å²) in [5, 5.41) is 12.3. The molecule has 1 amide bonds. The zero-order chi connectivity index (χ0) is 15.9. The van der Waals surface area contributed by atoms with Gasteiger partial charge in [-0.2, -0.15) is 0 Å². The molecule has 1 aromatic rings. The lowest BCUT2D eigenvalue weighted by molar-refractivity contribution is -0.130. The fourth-order valence-corrected chi connectivity index (χ4v) is 2.80. The number of aromatic nitrogens is 2. The minimum Gasteiger partial charge on any atom is -0.395 e. The third-order valence-corrected chi connectivity index (χ3v) is 4.08. The zero-order valence-electron chi connectivity index (χ0n) is 13.5. The highest BCUT2D eigenvalue weighted by molar-refractivity contribution is 5.76. The quantitative estimate of drug-likeness (QED) is 0.806. The van der Waals surface area contributed by atoms with Gasteiger partial charge in [0.2, 0.25) is 5.91 Å². The lowest BCUT2D eigenvalue weighted by Crippen LogP contribution is -2.30. The molecule has 122 valence electrons. The minimum atomic E-state index is -0.00627. The van der Waals surface area contributed by atoms with Crippen molar-refractivity contribution in [1.82, 2.24) is 20.2 Å². The monoisotopic (exact) mass is 306 g/mol. The van der Waals surface area contributed by atoms with Gasteiger partial charge in [0.05, 0.1) is 6.61 Å². The van der Waals surface area contributed by atoms with Gasteiger partial charge >= 0.3 is 0 Å². The average Bonchev–Trinajstić information content (AvgIpc) is 2.53. The molecule has 0 bridgehead atoms. The van der Waals surface area contributed by atoms with Gasteiger partial charge in [-0.3, -0.25) is 4.79 Å². The van der Waals surface area contributed by atoms with Gasteiger partial charge in [-0.1, -0.05) is 0 Å². The molecule has 6 nitrogen and oxygen atoms in total. The van der Waals surface area contributed by atoms with Crippen molar-refractivity contribution in [1.29, 1.82) is 0 Å². The molecule has 22 heavy (non-hydrogen) atoms. The van der Waals surface area contributed by atoms with Crippen molar-refractivity contribution in [2.45, 2.75) is 38.5 Å². The summed E-state index contributed by atoms with van der Waals surface area (Å²) in [6.07, 6.45) is 3.36. The zero-order valence-corrected chi connectivity index (χ0v) is 13.5. The molecule has 1 aliphatic rings. The summed E-state index contributed by atoms with van der Waals surface area (Å²) in [5.41, 5.74) is 2.02. The van der Waals surface area contributed by atoms with Crippen LogP contribution in [0, 0.1) is 6.92 Å². The third kappa shape index (κ3) is 4.74. The molecule has 1 atom stereocenters. The third-order valence-electron chi connectivity index (χ3n) is 4.08. The second-order valence-electron chi connectivity index (χ2n) is 5.91. The molecule has 1 aromatic heterocycles. The minimum absolute atomic E-state index is 0.00627. The molecule has 0 saturated carbocycles. The summed E-state index contributed by atoms with van der Waals surface area (Å²) >= 11 is 0. The maximum Gasteiger partial charge on any atom is 0.222 e. The number of nitrogens with one attached hydrogen (secondary N) is 1. The van der Waals surface area contributed by atoms with E-state index in [4.69, 9.17) is 5.11 Å². The van der Waals surface area contributed by atoms with E-state index in [0.717, 1.165) is 36.7 Å². The van der Waals surface area contributed by atoms with Gasteiger partial charge in [0.25, 0.3) is 0 Å². The van der Waals surface area contributed by atoms with E-state index in [1.165, 1.54) is 6.42 Å². The van der Waals surface area contributed by atoms with Crippen LogP contribution in [0.2, 0.25) is 0 Å². The average molecular weight is 306 g/mol. The van der Waals surface area contributed by atoms with Crippen molar-refractivity contribution in [3.8, 4) is 0 Å². The number of carbonyl (C=O) groups is 1. The Morgan fingerprint density at radius 3 is 3.00 bits per heavy atom. The van der Waals surface area contributed by atoms with Crippen LogP contribution in [-0.2, 0) is 11.2 Å². The first-order valence-electron chi connectivity index (χ1n) is 8.00. The summed E-state index contributed by atoms with van der Waals surface area (Å²) < 4.78 is 0. The fraction of sp³-hybridized carbons (Fsp3) is 0.688. The standard InChI is InChI=1S/C16H26N4O2/c1-12-18-14(5-6-16(22)20(2)8-9-21)10-15(19-12)13-4-3-7-17-11-13/h10,13,17,21H,3-9,11H2,1-2H3. The summed E-state index contributed by atoms with van der Waals surface area (Å²) in [7, 11) is 1.71. The van der Waals surface area contributed by atoms with E-state index in [-0.39, 0.29) is 12.5 Å². The molecular formula is C16H26N4O2. The highest BCUT2D eigenvalue weighted by atomic mass is 16.3. The molecule has 0 aromatic carbocycles. The van der Waals surface area contributed by atoms with Crippen LogP contribution in [0.3, 0.4) is 0 Å². The molecule has 1 fully saturated rings. The number of aryl methyl sites for hydroxylation is 2. The van der Waals surface area contributed by atoms with Crippen molar-refractivity contribution >= 4 is 5.91 Å². The van der Waals surface area contributed by atoms with Gasteiger partial charge in [0, 0.05) is 43.9 Å². The Kier molecular flexibility index (Phi) is 6.27. The number of rotatable bonds is 6. The Balaban J connectivity index is 1.98. The van der Waals surface area contributed by atoms with Crippen molar-refractivity contribution in [3.05, 3.63) is 23.3 Å². The van der Waals surface area contributed by atoms with Gasteiger partial charge < -0.3 is 15.3 Å². The Morgan fingerprint density at radius 2 is 2.32 bits per heavy atom. The van der Waals surface area contributed by atoms with Gasteiger partial charge in [-0.25, -0.2) is 9.97 Å². The Hall–Kier alpha value is -1.53. The lowest BCUT2D eigenvalue weighted by atomic mass is 9.95. The smallest absolute Gasteiger partial charge is 0.222 e. The molecule has 2 heterocycles. The number of carbonyl (C=O) groups excluding carboxylic acids is 1. The van der Waals surface area contributed by atoms with Gasteiger partial charge in [0.15, 0.2) is 0 Å². The fourth-order valence-electron chi connectivity index (χ4n) is 2.80. The molecule has 1 unspecified atom stereocenters. The van der Waals surface area contributed by atoms with Crippen molar-refractivity contribution in [2.75, 3.05) is 33.3 Å². The number of aliphatic hydroxyl groups is 1. The van der Waals surface area contributed by atoms with Crippen molar-refractivity contribution in [2.24, 2.45) is 0 Å². The van der Waals surface area contributed by atoms with E-state index >= 15 is 0 Å². The molecule has 2 rings (SSSR count). The first-order valence-corrected chi connectivity index (χ1v) is 8.00. The second kappa shape index (κ2) is 8.19. The molecule has 0 radical (unpaired) electrons. The van der Waals surface area contributed by atoms with Gasteiger partial charge in [-0.15, -0.1) is 0 Å². The predicted molar refractivity (Wildman–Crippen MR) is 84.7 cm³/mol. The molecule has 2 N–H and O–H groups in total. The number of amides is 1. The van der Waals surface area contributed by atoms with E-state index < -0.39 is 0 Å². The van der Waals surface area contributed by atoms with Crippen molar-refractivity contribution < 1.29 is 9.90 Å². The Morgan fingerprint density at radius 1 is 1.50 bits per heavy atom. The number of hydrogen-bond donors (Lipinski definition) is 2. The Bertz CT molecular complexity index is 501. The summed E-state index contributed by atoms with van der Waals surface area (Å²) in [5.74, 6) is 1.25. The van der Waals surface area contributed by atoms with Crippen LogP contribution < -0.4 is 5.32 Å². The van der Waals surface area contributed by atoms with E-state index in [1.807, 2.05) is 13.0 Å². The largest absolute Gasteiger partial charge is 0.395 e. The van der Waals surface area contributed by atoms with Crippen LogP contribution in [0.4, 0.5) is 0 Å². The first-order chi connectivity index (χ1) is 10.6. The molecule has 1 aliphatic heterocycles. The second-order valence-corrected chi connectivity index (χ2v) is 5.91. The molecule has 6 heteroatoms. The number of likely N-dealkylation sites (N-methyl/N-ethyl adjacent to an activating group) is 1. The molecular weight excluding hydrogens is 280 g/mol. The van der Waals surface area contributed by atoms with Crippen molar-refractivity contribution in [3.63, 3.8) is 0 Å². The topological polar surface area (TPSA) is 78.4 Å². The van der Waals surface area contributed by atoms with Crippen LogP contribution in [-0.4, -0.2) is 59.2 Å². The highest BCUT2D eigenvalue weighted by Gasteiger charge is 2.18. The van der Waals surface area contributed by atoms with E-state index in [9.17, 15) is 4.79 Å². The maximum atomic E-state index is 11.9. The van der Waals surface area contributed by atoms with E-state index in [1.54, 1.807) is 11.9 Å². The molecule has 0 aliphatic carbocycles. The molecule has 0 spiro atoms. The SMILES string of the molecule is Cc1nc(CCC(=O)N(C)CCO)cc(C2CCCNC2)n1. The van der Waals surface area contributed by atoms with E-state index in [0.29, 0.717) is 25.3 Å². The van der Waals surface area contributed by atoms with Crippen LogP contribution in [0.25, 0.3) is 0 Å². The van der Waals surface area contributed by atoms with Gasteiger partial charge in [-0.05, 0) is 38.8 Å². The summed E-state index contributed by atoms with van der Waals surface area (Å²) in [6, 6.07) is 2.05. The van der Waals surface area contributed by atoms with Crippen LogP contribution >= 0.6 is 0 Å². The number of piperidine rings is 1. The lowest BCUT2D eigenvalue weighted by Gasteiger charge is -2.22. The predicted octanol–water partition coefficient (Wildman–Crippen LogP) is 0.635. The number of hydrogen-bond acceptors (Lipinski definition) is 5.